The number of aryl methyl sites for hydroxylation is 1. The van der Waals surface area contributed by atoms with Crippen molar-refractivity contribution >= 4 is 5.91 Å². The molecule has 1 aromatic carbocycles. The lowest BCUT2D eigenvalue weighted by Crippen LogP contribution is -2.34. The van der Waals surface area contributed by atoms with Gasteiger partial charge in [-0.2, -0.15) is 0 Å². The minimum Gasteiger partial charge on any atom is -0.341 e. The van der Waals surface area contributed by atoms with E-state index in [-0.39, 0.29) is 17.0 Å². The second-order valence-corrected chi connectivity index (χ2v) is 7.05. The predicted molar refractivity (Wildman–Crippen MR) is 93.5 cm³/mol. The molecule has 1 aromatic heterocycles. The van der Waals surface area contributed by atoms with Gasteiger partial charge in [-0.25, -0.2) is 0 Å². The third kappa shape index (κ3) is 2.77. The van der Waals surface area contributed by atoms with Crippen LogP contribution in [-0.2, 0) is 6.42 Å². The highest BCUT2D eigenvalue weighted by molar-refractivity contribution is 5.93. The quantitative estimate of drug-likeness (QED) is 0.940. The lowest BCUT2D eigenvalue weighted by Gasteiger charge is -2.22. The number of hydrogen-bond donors (Lipinski definition) is 1. The fourth-order valence-electron chi connectivity index (χ4n) is 3.74. The van der Waals surface area contributed by atoms with Crippen molar-refractivity contribution in [2.75, 3.05) is 13.6 Å². The molecule has 1 saturated carbocycles. The number of amides is 1. The monoisotopic (exact) mass is 322 g/mol. The Hall–Kier alpha value is -2.36. The van der Waals surface area contributed by atoms with Gasteiger partial charge in [0.25, 0.3) is 11.5 Å². The maximum absolute atomic E-state index is 12.7. The van der Waals surface area contributed by atoms with Crippen LogP contribution < -0.4 is 5.56 Å². The Morgan fingerprint density at radius 2 is 1.96 bits per heavy atom. The standard InChI is InChI=1S/C20H22N2O2/c1-22(12-15-9-6-13-4-2-3-5-16(13)15)20(24)17-10-11-18(14-7-8-14)21-19(17)23/h2-5,10-11,14-15H,6-9,12H2,1H3,(H,21,23). The maximum Gasteiger partial charge on any atom is 0.261 e. The molecule has 2 aliphatic rings. The van der Waals surface area contributed by atoms with Gasteiger partial charge in [0.1, 0.15) is 5.56 Å². The van der Waals surface area contributed by atoms with Gasteiger partial charge in [-0.1, -0.05) is 24.3 Å². The number of fused-ring (bicyclic) bond motifs is 1. The highest BCUT2D eigenvalue weighted by Crippen LogP contribution is 2.38. The Balaban J connectivity index is 1.49. The lowest BCUT2D eigenvalue weighted by molar-refractivity contribution is 0.0784. The van der Waals surface area contributed by atoms with Crippen LogP contribution in [0.2, 0.25) is 0 Å². The van der Waals surface area contributed by atoms with Crippen molar-refractivity contribution in [3.05, 3.63) is 69.1 Å². The Kier molecular flexibility index (Phi) is 3.75. The summed E-state index contributed by atoms with van der Waals surface area (Å²) in [4.78, 5) is 29.5. The van der Waals surface area contributed by atoms with Crippen LogP contribution in [0.15, 0.2) is 41.2 Å². The number of carbonyl (C=O) groups excluding carboxylic acids is 1. The van der Waals surface area contributed by atoms with Gasteiger partial charge >= 0.3 is 0 Å². The summed E-state index contributed by atoms with van der Waals surface area (Å²) < 4.78 is 0. The van der Waals surface area contributed by atoms with E-state index in [1.807, 2.05) is 6.07 Å². The van der Waals surface area contributed by atoms with Gasteiger partial charge < -0.3 is 9.88 Å². The number of pyridine rings is 1. The van der Waals surface area contributed by atoms with E-state index in [9.17, 15) is 9.59 Å². The molecule has 0 bridgehead atoms. The number of hydrogen-bond acceptors (Lipinski definition) is 2. The number of carbonyl (C=O) groups is 1. The molecule has 0 radical (unpaired) electrons. The number of nitrogens with zero attached hydrogens (tertiary/aromatic N) is 1. The van der Waals surface area contributed by atoms with Crippen molar-refractivity contribution in [1.82, 2.24) is 9.88 Å². The van der Waals surface area contributed by atoms with Gasteiger partial charge in [-0.05, 0) is 54.9 Å². The average Bonchev–Trinajstić information content (AvgIpc) is 3.37. The van der Waals surface area contributed by atoms with E-state index in [4.69, 9.17) is 0 Å². The van der Waals surface area contributed by atoms with Crippen molar-refractivity contribution < 1.29 is 4.79 Å². The van der Waals surface area contributed by atoms with Crippen LogP contribution in [0.3, 0.4) is 0 Å². The fraction of sp³-hybridized carbons (Fsp3) is 0.400. The molecular weight excluding hydrogens is 300 g/mol. The van der Waals surface area contributed by atoms with Gasteiger partial charge in [-0.15, -0.1) is 0 Å². The first-order chi connectivity index (χ1) is 11.6. The summed E-state index contributed by atoms with van der Waals surface area (Å²) in [6.07, 6.45) is 4.39. The largest absolute Gasteiger partial charge is 0.341 e. The predicted octanol–water partition coefficient (Wildman–Crippen LogP) is 3.05. The molecule has 1 N–H and O–H groups in total. The zero-order chi connectivity index (χ0) is 16.7. The van der Waals surface area contributed by atoms with E-state index in [0.717, 1.165) is 31.4 Å². The van der Waals surface area contributed by atoms with Crippen molar-refractivity contribution in [3.8, 4) is 0 Å². The zero-order valence-corrected chi connectivity index (χ0v) is 13.9. The highest BCUT2D eigenvalue weighted by Gasteiger charge is 2.27. The number of benzene rings is 1. The molecule has 2 aromatic rings. The molecule has 0 spiro atoms. The molecule has 1 atom stereocenters. The van der Waals surface area contributed by atoms with Crippen LogP contribution in [0.25, 0.3) is 0 Å². The van der Waals surface area contributed by atoms with Crippen molar-refractivity contribution in [1.29, 1.82) is 0 Å². The Bertz CT molecular complexity index is 836. The summed E-state index contributed by atoms with van der Waals surface area (Å²) >= 11 is 0. The molecule has 1 unspecified atom stereocenters. The summed E-state index contributed by atoms with van der Waals surface area (Å²) in [5, 5.41) is 0. The molecular formula is C20H22N2O2. The highest BCUT2D eigenvalue weighted by atomic mass is 16.2. The Morgan fingerprint density at radius 1 is 1.17 bits per heavy atom. The lowest BCUT2D eigenvalue weighted by atomic mass is 10.0. The number of nitrogens with one attached hydrogen (secondary N) is 1. The molecule has 4 rings (SSSR count). The van der Waals surface area contributed by atoms with Crippen LogP contribution in [0.4, 0.5) is 0 Å². The first-order valence-electron chi connectivity index (χ1n) is 8.70. The third-order valence-electron chi connectivity index (χ3n) is 5.28. The average molecular weight is 322 g/mol. The number of rotatable bonds is 4. The smallest absolute Gasteiger partial charge is 0.261 e. The SMILES string of the molecule is CN(CC1CCc2ccccc21)C(=O)c1ccc(C2CC2)[nH]c1=O. The van der Waals surface area contributed by atoms with Gasteiger partial charge in [0.15, 0.2) is 0 Å². The van der Waals surface area contributed by atoms with Crippen LogP contribution in [0.5, 0.6) is 0 Å². The fourth-order valence-corrected chi connectivity index (χ4v) is 3.74. The zero-order valence-electron chi connectivity index (χ0n) is 13.9. The second kappa shape index (κ2) is 5.93. The molecule has 0 saturated heterocycles. The number of H-pyrrole nitrogens is 1. The topological polar surface area (TPSA) is 53.2 Å². The van der Waals surface area contributed by atoms with Crippen LogP contribution in [0.1, 0.15) is 58.3 Å². The van der Waals surface area contributed by atoms with Crippen molar-refractivity contribution in [3.63, 3.8) is 0 Å². The van der Waals surface area contributed by atoms with Gasteiger partial charge in [0.05, 0.1) is 0 Å². The van der Waals surface area contributed by atoms with E-state index in [0.29, 0.717) is 18.4 Å². The summed E-state index contributed by atoms with van der Waals surface area (Å²) in [6, 6.07) is 12.0. The molecule has 1 fully saturated rings. The van der Waals surface area contributed by atoms with Crippen molar-refractivity contribution in [2.45, 2.75) is 37.5 Å². The van der Waals surface area contributed by atoms with E-state index in [1.165, 1.54) is 11.1 Å². The van der Waals surface area contributed by atoms with Crippen LogP contribution in [0, 0.1) is 0 Å². The summed E-state index contributed by atoms with van der Waals surface area (Å²) in [5.41, 5.74) is 3.67. The Morgan fingerprint density at radius 3 is 2.71 bits per heavy atom. The molecule has 1 heterocycles. The van der Waals surface area contributed by atoms with Crippen LogP contribution in [-0.4, -0.2) is 29.4 Å². The molecule has 4 heteroatoms. The van der Waals surface area contributed by atoms with Crippen LogP contribution >= 0.6 is 0 Å². The number of aromatic amines is 1. The third-order valence-corrected chi connectivity index (χ3v) is 5.28. The molecule has 124 valence electrons. The maximum atomic E-state index is 12.7. The molecule has 2 aliphatic carbocycles. The minimum absolute atomic E-state index is 0.192. The Labute approximate surface area is 141 Å². The van der Waals surface area contributed by atoms with E-state index < -0.39 is 0 Å². The summed E-state index contributed by atoms with van der Waals surface area (Å²) in [7, 11) is 1.79. The molecule has 1 amide bonds. The van der Waals surface area contributed by atoms with Gasteiger partial charge in [0.2, 0.25) is 0 Å². The number of likely N-dealkylation sites (N-methyl/N-ethyl adjacent to an activating group) is 1. The second-order valence-electron chi connectivity index (χ2n) is 7.05. The van der Waals surface area contributed by atoms with E-state index >= 15 is 0 Å². The first-order valence-corrected chi connectivity index (χ1v) is 8.70. The molecule has 24 heavy (non-hydrogen) atoms. The molecule has 4 nitrogen and oxygen atoms in total. The minimum atomic E-state index is -0.261. The van der Waals surface area contributed by atoms with Gasteiger partial charge in [-0.3, -0.25) is 9.59 Å². The number of aromatic nitrogens is 1. The van der Waals surface area contributed by atoms with Crippen molar-refractivity contribution in [2.24, 2.45) is 0 Å². The van der Waals surface area contributed by atoms with E-state index in [1.54, 1.807) is 18.0 Å². The van der Waals surface area contributed by atoms with Gasteiger partial charge in [0, 0.05) is 25.2 Å². The first kappa shape index (κ1) is 15.2. The molecule has 0 aliphatic heterocycles. The normalized spacial score (nSPS) is 19.1. The summed E-state index contributed by atoms with van der Waals surface area (Å²) in [5.74, 6) is 0.650. The van der Waals surface area contributed by atoms with E-state index in [2.05, 4.69) is 29.2 Å². The summed E-state index contributed by atoms with van der Waals surface area (Å²) in [6.45, 7) is 0.652.